The molecule has 1 fully saturated rings. The van der Waals surface area contributed by atoms with Crippen molar-refractivity contribution >= 4 is 52.6 Å². The van der Waals surface area contributed by atoms with Crippen molar-refractivity contribution < 1.29 is 22.8 Å². The number of aromatic nitrogens is 2. The molecule has 0 saturated carbocycles. The Balaban J connectivity index is 1.32. The molecule has 2 heterocycles. The van der Waals surface area contributed by atoms with Gasteiger partial charge in [0.2, 0.25) is 5.91 Å². The van der Waals surface area contributed by atoms with Gasteiger partial charge in [0, 0.05) is 48.9 Å². The standard InChI is InChI=1S/C26H24Cl2F3N5O2S/c1-16-14-35(9-10-36(16)24(38)18-5-7-20(27)8-6-18)22-12-21(28)33-25(34-22)39-15-23(37)32-13-17-3-2-4-19(11-17)26(29,30)31/h2-8,11-12,16H,9-10,13-15H2,1H3,(H,32,37). The van der Waals surface area contributed by atoms with Crippen LogP contribution in [0.3, 0.4) is 0 Å². The Morgan fingerprint density at radius 3 is 2.51 bits per heavy atom. The van der Waals surface area contributed by atoms with Crippen LogP contribution in [0.15, 0.2) is 59.8 Å². The Morgan fingerprint density at radius 1 is 1.08 bits per heavy atom. The molecule has 2 aromatic carbocycles. The maximum atomic E-state index is 13.0. The lowest BCUT2D eigenvalue weighted by atomic mass is 10.1. The van der Waals surface area contributed by atoms with E-state index >= 15 is 0 Å². The third kappa shape index (κ3) is 7.77. The molecule has 1 aliphatic heterocycles. The molecule has 7 nitrogen and oxygen atoms in total. The summed E-state index contributed by atoms with van der Waals surface area (Å²) >= 11 is 13.2. The number of piperazine rings is 1. The number of rotatable bonds is 7. The molecule has 206 valence electrons. The summed E-state index contributed by atoms with van der Waals surface area (Å²) in [6.07, 6.45) is -4.45. The molecule has 0 bridgehead atoms. The Labute approximate surface area is 237 Å². The maximum absolute atomic E-state index is 13.0. The number of halogens is 5. The fourth-order valence-corrected chi connectivity index (χ4v) is 5.11. The van der Waals surface area contributed by atoms with Gasteiger partial charge in [-0.3, -0.25) is 9.59 Å². The maximum Gasteiger partial charge on any atom is 0.416 e. The zero-order valence-electron chi connectivity index (χ0n) is 20.7. The van der Waals surface area contributed by atoms with Crippen molar-refractivity contribution in [1.29, 1.82) is 0 Å². The molecule has 3 aromatic rings. The molecule has 0 aliphatic carbocycles. The molecule has 0 radical (unpaired) electrons. The first-order valence-corrected chi connectivity index (χ1v) is 13.7. The average molecular weight is 598 g/mol. The largest absolute Gasteiger partial charge is 0.416 e. The average Bonchev–Trinajstić information content (AvgIpc) is 2.90. The number of nitrogens with one attached hydrogen (secondary N) is 1. The molecule has 39 heavy (non-hydrogen) atoms. The molecular formula is C26H24Cl2F3N5O2S. The zero-order chi connectivity index (χ0) is 28.2. The number of hydrogen-bond donors (Lipinski definition) is 1. The van der Waals surface area contributed by atoms with Gasteiger partial charge in [-0.2, -0.15) is 13.2 Å². The molecule has 1 atom stereocenters. The second-order valence-corrected chi connectivity index (χ2v) is 10.7. The number of alkyl halides is 3. The summed E-state index contributed by atoms with van der Waals surface area (Å²) in [6.45, 7) is 3.44. The van der Waals surface area contributed by atoms with Gasteiger partial charge in [-0.15, -0.1) is 0 Å². The highest BCUT2D eigenvalue weighted by Gasteiger charge is 2.31. The van der Waals surface area contributed by atoms with Crippen LogP contribution in [0.25, 0.3) is 0 Å². The van der Waals surface area contributed by atoms with Crippen LogP contribution in [0.4, 0.5) is 19.0 Å². The molecule has 13 heteroatoms. The first-order chi connectivity index (χ1) is 18.5. The van der Waals surface area contributed by atoms with E-state index in [4.69, 9.17) is 23.2 Å². The molecule has 2 amide bonds. The normalized spacial score (nSPS) is 15.8. The highest BCUT2D eigenvalue weighted by Crippen LogP contribution is 2.29. The van der Waals surface area contributed by atoms with Gasteiger partial charge >= 0.3 is 6.18 Å². The van der Waals surface area contributed by atoms with Crippen LogP contribution >= 0.6 is 35.0 Å². The molecule has 1 saturated heterocycles. The van der Waals surface area contributed by atoms with Crippen molar-refractivity contribution in [2.45, 2.75) is 30.8 Å². The van der Waals surface area contributed by atoms with Crippen LogP contribution in [0.5, 0.6) is 0 Å². The monoisotopic (exact) mass is 597 g/mol. The number of anilines is 1. The van der Waals surface area contributed by atoms with Crippen LogP contribution in [-0.2, 0) is 17.5 Å². The highest BCUT2D eigenvalue weighted by atomic mass is 35.5. The van der Waals surface area contributed by atoms with E-state index in [2.05, 4.69) is 15.3 Å². The lowest BCUT2D eigenvalue weighted by Gasteiger charge is -2.40. The van der Waals surface area contributed by atoms with Crippen molar-refractivity contribution in [3.63, 3.8) is 0 Å². The van der Waals surface area contributed by atoms with Crippen LogP contribution < -0.4 is 10.2 Å². The third-order valence-corrected chi connectivity index (χ3v) is 7.33. The highest BCUT2D eigenvalue weighted by molar-refractivity contribution is 7.99. The molecule has 1 aliphatic rings. The Hall–Kier alpha value is -3.02. The van der Waals surface area contributed by atoms with E-state index in [0.717, 1.165) is 23.9 Å². The second kappa shape index (κ2) is 12.4. The van der Waals surface area contributed by atoms with Gasteiger partial charge in [-0.05, 0) is 48.9 Å². The molecule has 1 aromatic heterocycles. The lowest BCUT2D eigenvalue weighted by molar-refractivity contribution is -0.137. The van der Waals surface area contributed by atoms with Crippen molar-refractivity contribution in [1.82, 2.24) is 20.2 Å². The zero-order valence-corrected chi connectivity index (χ0v) is 23.0. The summed E-state index contributed by atoms with van der Waals surface area (Å²) < 4.78 is 38.7. The SMILES string of the molecule is CC1CN(c2cc(Cl)nc(SCC(=O)NCc3cccc(C(F)(F)F)c3)n2)CCN1C(=O)c1ccc(Cl)cc1. The molecule has 1 unspecified atom stereocenters. The smallest absolute Gasteiger partial charge is 0.353 e. The molecular weight excluding hydrogens is 574 g/mol. The number of benzene rings is 2. The topological polar surface area (TPSA) is 78.4 Å². The van der Waals surface area contributed by atoms with Crippen LogP contribution in [0, 0.1) is 0 Å². The Morgan fingerprint density at radius 2 is 1.82 bits per heavy atom. The predicted octanol–water partition coefficient (Wildman–Crippen LogP) is 5.56. The predicted molar refractivity (Wildman–Crippen MR) is 145 cm³/mol. The Bertz CT molecular complexity index is 1340. The van der Waals surface area contributed by atoms with E-state index in [9.17, 15) is 22.8 Å². The molecule has 0 spiro atoms. The lowest BCUT2D eigenvalue weighted by Crippen LogP contribution is -2.54. The quantitative estimate of drug-likeness (QED) is 0.218. The first kappa shape index (κ1) is 29.0. The third-order valence-electron chi connectivity index (χ3n) is 6.04. The number of nitrogens with zero attached hydrogens (tertiary/aromatic N) is 4. The minimum atomic E-state index is -4.45. The van der Waals surface area contributed by atoms with Crippen molar-refractivity contribution in [2.24, 2.45) is 0 Å². The van der Waals surface area contributed by atoms with E-state index < -0.39 is 11.7 Å². The number of carbonyl (C=O) groups excluding carboxylic acids is 2. The fourth-order valence-electron chi connectivity index (χ4n) is 4.08. The van der Waals surface area contributed by atoms with E-state index in [0.29, 0.717) is 46.8 Å². The summed E-state index contributed by atoms with van der Waals surface area (Å²) in [5, 5.41) is 3.67. The van der Waals surface area contributed by atoms with Gasteiger partial charge in [0.15, 0.2) is 5.16 Å². The number of hydrogen-bond acceptors (Lipinski definition) is 6. The minimum Gasteiger partial charge on any atom is -0.353 e. The van der Waals surface area contributed by atoms with Crippen LogP contribution in [0.2, 0.25) is 10.2 Å². The second-order valence-electron chi connectivity index (χ2n) is 8.90. The van der Waals surface area contributed by atoms with E-state index in [1.54, 1.807) is 35.2 Å². The van der Waals surface area contributed by atoms with E-state index in [-0.39, 0.29) is 35.3 Å². The molecule has 4 rings (SSSR count). The summed E-state index contributed by atoms with van der Waals surface area (Å²) in [6, 6.07) is 13.1. The van der Waals surface area contributed by atoms with Crippen molar-refractivity contribution in [2.75, 3.05) is 30.3 Å². The van der Waals surface area contributed by atoms with Crippen LogP contribution in [0.1, 0.15) is 28.4 Å². The number of thioether (sulfide) groups is 1. The summed E-state index contributed by atoms with van der Waals surface area (Å²) in [4.78, 5) is 37.8. The van der Waals surface area contributed by atoms with Crippen LogP contribution in [-0.4, -0.2) is 58.1 Å². The van der Waals surface area contributed by atoms with Gasteiger partial charge in [-0.25, -0.2) is 9.97 Å². The summed E-state index contributed by atoms with van der Waals surface area (Å²) in [5.74, 6) is 0.0724. The van der Waals surface area contributed by atoms with Crippen molar-refractivity contribution in [3.05, 3.63) is 81.5 Å². The van der Waals surface area contributed by atoms with E-state index in [1.165, 1.54) is 12.1 Å². The minimum absolute atomic E-state index is 0.0398. The van der Waals surface area contributed by atoms with Gasteiger partial charge < -0.3 is 15.1 Å². The Kier molecular flexibility index (Phi) is 9.24. The van der Waals surface area contributed by atoms with Gasteiger partial charge in [0.05, 0.1) is 11.3 Å². The van der Waals surface area contributed by atoms with Gasteiger partial charge in [-0.1, -0.05) is 47.1 Å². The van der Waals surface area contributed by atoms with Crippen molar-refractivity contribution in [3.8, 4) is 0 Å². The first-order valence-electron chi connectivity index (χ1n) is 11.9. The van der Waals surface area contributed by atoms with Gasteiger partial charge in [0.1, 0.15) is 11.0 Å². The summed E-state index contributed by atoms with van der Waals surface area (Å²) in [5.41, 5.74) is 0.134. The summed E-state index contributed by atoms with van der Waals surface area (Å²) in [7, 11) is 0. The molecule has 1 N–H and O–H groups in total. The van der Waals surface area contributed by atoms with Gasteiger partial charge in [0.25, 0.3) is 5.91 Å². The number of carbonyl (C=O) groups is 2. The fraction of sp³-hybridized carbons (Fsp3) is 0.308. The number of amides is 2. The van der Waals surface area contributed by atoms with E-state index in [1.807, 2.05) is 11.8 Å².